The van der Waals surface area contributed by atoms with E-state index in [9.17, 15) is 4.79 Å². The van der Waals surface area contributed by atoms with E-state index in [0.717, 1.165) is 17.9 Å². The summed E-state index contributed by atoms with van der Waals surface area (Å²) in [7, 11) is 1.63. The first-order valence-corrected chi connectivity index (χ1v) is 8.27. The number of rotatable bonds is 9. The Bertz CT molecular complexity index is 638. The molecule has 4 nitrogen and oxygen atoms in total. The fraction of sp³-hybridized carbons (Fsp3) is 0.350. The summed E-state index contributed by atoms with van der Waals surface area (Å²) >= 11 is 0. The van der Waals surface area contributed by atoms with Crippen LogP contribution in [-0.4, -0.2) is 26.2 Å². The van der Waals surface area contributed by atoms with Crippen molar-refractivity contribution in [2.45, 2.75) is 26.2 Å². The molecule has 0 atom stereocenters. The van der Waals surface area contributed by atoms with E-state index < -0.39 is 0 Å². The third-order valence-corrected chi connectivity index (χ3v) is 3.85. The summed E-state index contributed by atoms with van der Waals surface area (Å²) in [5, 5.41) is 2.96. The average Bonchev–Trinajstić information content (AvgIpc) is 2.61. The van der Waals surface area contributed by atoms with Crippen molar-refractivity contribution in [1.29, 1.82) is 0 Å². The van der Waals surface area contributed by atoms with Crippen molar-refractivity contribution in [3.63, 3.8) is 0 Å². The van der Waals surface area contributed by atoms with E-state index in [1.807, 2.05) is 36.4 Å². The molecule has 0 aliphatic heterocycles. The van der Waals surface area contributed by atoms with Gasteiger partial charge in [0.2, 0.25) is 5.91 Å². The third kappa shape index (κ3) is 5.95. The minimum atomic E-state index is 0.0712. The van der Waals surface area contributed by atoms with Gasteiger partial charge in [-0.25, -0.2) is 0 Å². The molecule has 1 amide bonds. The zero-order valence-electron chi connectivity index (χ0n) is 14.4. The smallest absolute Gasteiger partial charge is 0.220 e. The summed E-state index contributed by atoms with van der Waals surface area (Å²) in [6, 6.07) is 15.7. The molecule has 0 bridgehead atoms. The molecule has 24 heavy (non-hydrogen) atoms. The van der Waals surface area contributed by atoms with Gasteiger partial charge in [-0.2, -0.15) is 0 Å². The Morgan fingerprint density at radius 1 is 1.04 bits per heavy atom. The van der Waals surface area contributed by atoms with Crippen molar-refractivity contribution >= 4 is 5.91 Å². The molecule has 0 spiro atoms. The van der Waals surface area contributed by atoms with E-state index in [4.69, 9.17) is 9.47 Å². The van der Waals surface area contributed by atoms with Gasteiger partial charge >= 0.3 is 0 Å². The zero-order chi connectivity index (χ0) is 17.2. The Morgan fingerprint density at radius 2 is 1.75 bits per heavy atom. The Morgan fingerprint density at radius 3 is 2.46 bits per heavy atom. The summed E-state index contributed by atoms with van der Waals surface area (Å²) in [4.78, 5) is 11.8. The largest absolute Gasteiger partial charge is 0.497 e. The van der Waals surface area contributed by atoms with Gasteiger partial charge in [0.25, 0.3) is 0 Å². The molecule has 1 N–H and O–H groups in total. The summed E-state index contributed by atoms with van der Waals surface area (Å²) < 4.78 is 10.7. The molecule has 128 valence electrons. The van der Waals surface area contributed by atoms with Gasteiger partial charge in [0.15, 0.2) is 0 Å². The van der Waals surface area contributed by atoms with Crippen LogP contribution >= 0.6 is 0 Å². The number of carbonyl (C=O) groups excluding carboxylic acids is 1. The van der Waals surface area contributed by atoms with Crippen LogP contribution in [0, 0.1) is 6.92 Å². The number of benzene rings is 2. The number of ether oxygens (including phenoxy) is 2. The number of carbonyl (C=O) groups is 1. The van der Waals surface area contributed by atoms with Gasteiger partial charge in [0.1, 0.15) is 11.5 Å². The van der Waals surface area contributed by atoms with E-state index in [1.165, 1.54) is 11.1 Å². The highest BCUT2D eigenvalue weighted by Gasteiger charge is 2.03. The van der Waals surface area contributed by atoms with Crippen LogP contribution in [0.25, 0.3) is 0 Å². The normalized spacial score (nSPS) is 10.2. The Kier molecular flexibility index (Phi) is 7.15. The van der Waals surface area contributed by atoms with Crippen LogP contribution in [0.4, 0.5) is 0 Å². The van der Waals surface area contributed by atoms with Crippen molar-refractivity contribution < 1.29 is 14.3 Å². The lowest BCUT2D eigenvalue weighted by atomic mass is 10.1. The van der Waals surface area contributed by atoms with E-state index >= 15 is 0 Å². The second-order valence-electron chi connectivity index (χ2n) is 5.65. The van der Waals surface area contributed by atoms with Crippen molar-refractivity contribution in [3.05, 3.63) is 59.7 Å². The van der Waals surface area contributed by atoms with Crippen molar-refractivity contribution in [2.75, 3.05) is 20.3 Å². The Balaban J connectivity index is 1.58. The molecule has 2 aromatic rings. The lowest BCUT2D eigenvalue weighted by Crippen LogP contribution is -2.26. The molecule has 0 unspecified atom stereocenters. The zero-order valence-corrected chi connectivity index (χ0v) is 14.4. The van der Waals surface area contributed by atoms with Crippen LogP contribution in [0.2, 0.25) is 0 Å². The van der Waals surface area contributed by atoms with Gasteiger partial charge in [0, 0.05) is 13.0 Å². The molecule has 0 aliphatic carbocycles. The second-order valence-corrected chi connectivity index (χ2v) is 5.65. The fourth-order valence-electron chi connectivity index (χ4n) is 2.41. The molecule has 2 rings (SSSR count). The fourth-order valence-corrected chi connectivity index (χ4v) is 2.41. The number of amides is 1. The molecule has 4 heteroatoms. The number of nitrogens with one attached hydrogen (secondary N) is 1. The van der Waals surface area contributed by atoms with E-state index in [1.54, 1.807) is 7.11 Å². The molecular formula is C20H25NO3. The first-order valence-electron chi connectivity index (χ1n) is 8.27. The van der Waals surface area contributed by atoms with Gasteiger partial charge in [-0.3, -0.25) is 4.79 Å². The van der Waals surface area contributed by atoms with Gasteiger partial charge in [0.05, 0.1) is 13.7 Å². The molecule has 0 saturated carbocycles. The first-order chi connectivity index (χ1) is 11.7. The van der Waals surface area contributed by atoms with Crippen LogP contribution in [-0.2, 0) is 11.2 Å². The quantitative estimate of drug-likeness (QED) is 0.717. The van der Waals surface area contributed by atoms with Gasteiger partial charge < -0.3 is 14.8 Å². The Labute approximate surface area is 143 Å². The highest BCUT2D eigenvalue weighted by molar-refractivity contribution is 5.75. The van der Waals surface area contributed by atoms with E-state index in [-0.39, 0.29) is 5.91 Å². The third-order valence-electron chi connectivity index (χ3n) is 3.85. The molecular weight excluding hydrogens is 302 g/mol. The summed E-state index contributed by atoms with van der Waals surface area (Å²) in [6.07, 6.45) is 2.03. The van der Waals surface area contributed by atoms with Crippen LogP contribution < -0.4 is 14.8 Å². The topological polar surface area (TPSA) is 47.6 Å². The maximum atomic E-state index is 11.8. The van der Waals surface area contributed by atoms with Crippen molar-refractivity contribution in [1.82, 2.24) is 5.32 Å². The van der Waals surface area contributed by atoms with E-state index in [0.29, 0.717) is 26.0 Å². The lowest BCUT2D eigenvalue weighted by molar-refractivity contribution is -0.121. The first kappa shape index (κ1) is 17.9. The predicted octanol–water partition coefficient (Wildman–Crippen LogP) is 3.52. The number of hydrogen-bond donors (Lipinski definition) is 1. The Hall–Kier alpha value is -2.49. The summed E-state index contributed by atoms with van der Waals surface area (Å²) in [5.41, 5.74) is 2.54. The van der Waals surface area contributed by atoms with Crippen LogP contribution in [0.15, 0.2) is 48.5 Å². The maximum absolute atomic E-state index is 11.8. The monoisotopic (exact) mass is 327 g/mol. The molecule has 0 heterocycles. The van der Waals surface area contributed by atoms with Crippen LogP contribution in [0.1, 0.15) is 24.0 Å². The molecule has 0 aromatic heterocycles. The van der Waals surface area contributed by atoms with Crippen molar-refractivity contribution in [3.8, 4) is 11.5 Å². The van der Waals surface area contributed by atoms with Gasteiger partial charge in [-0.1, -0.05) is 24.3 Å². The van der Waals surface area contributed by atoms with Gasteiger partial charge in [-0.05, 0) is 55.2 Å². The molecule has 0 radical (unpaired) electrons. The number of hydrogen-bond acceptors (Lipinski definition) is 3. The highest BCUT2D eigenvalue weighted by Crippen LogP contribution is 2.17. The standard InChI is InChI=1S/C20H25NO3/c1-16-6-3-4-7-17(16)13-14-21-20(22)8-5-15-24-19-11-9-18(23-2)10-12-19/h3-4,6-7,9-12H,5,8,13-15H2,1-2H3,(H,21,22). The SMILES string of the molecule is COc1ccc(OCCCC(=O)NCCc2ccccc2C)cc1. The van der Waals surface area contributed by atoms with Crippen LogP contribution in [0.5, 0.6) is 11.5 Å². The molecule has 0 fully saturated rings. The second kappa shape index (κ2) is 9.60. The highest BCUT2D eigenvalue weighted by atomic mass is 16.5. The maximum Gasteiger partial charge on any atom is 0.220 e. The number of aryl methyl sites for hydroxylation is 1. The summed E-state index contributed by atoms with van der Waals surface area (Å²) in [6.45, 7) is 3.29. The van der Waals surface area contributed by atoms with E-state index in [2.05, 4.69) is 24.4 Å². The van der Waals surface area contributed by atoms with Crippen LogP contribution in [0.3, 0.4) is 0 Å². The molecule has 0 aliphatic rings. The average molecular weight is 327 g/mol. The van der Waals surface area contributed by atoms with Crippen molar-refractivity contribution in [2.24, 2.45) is 0 Å². The van der Waals surface area contributed by atoms with Gasteiger partial charge in [-0.15, -0.1) is 0 Å². The molecule has 2 aromatic carbocycles. The predicted molar refractivity (Wildman–Crippen MR) is 95.6 cm³/mol. The minimum Gasteiger partial charge on any atom is -0.497 e. The minimum absolute atomic E-state index is 0.0712. The lowest BCUT2D eigenvalue weighted by Gasteiger charge is -2.09. The number of methoxy groups -OCH3 is 1. The molecule has 0 saturated heterocycles. The summed E-state index contributed by atoms with van der Waals surface area (Å²) in [5.74, 6) is 1.66.